The van der Waals surface area contributed by atoms with Crippen molar-refractivity contribution in [1.29, 1.82) is 0 Å². The summed E-state index contributed by atoms with van der Waals surface area (Å²) < 4.78 is 2.36. The van der Waals surface area contributed by atoms with Crippen LogP contribution < -0.4 is 5.32 Å². The Bertz CT molecular complexity index is 502. The predicted molar refractivity (Wildman–Crippen MR) is 97.0 cm³/mol. The summed E-state index contributed by atoms with van der Waals surface area (Å²) in [5, 5.41) is 11.3. The second kappa shape index (κ2) is 11.0. The molecule has 2 N–H and O–H groups in total. The molecule has 24 heavy (non-hydrogen) atoms. The molecule has 1 aliphatic heterocycles. The van der Waals surface area contributed by atoms with Gasteiger partial charge in [0.2, 0.25) is 6.41 Å². The van der Waals surface area contributed by atoms with E-state index in [1.54, 1.807) is 11.9 Å². The van der Waals surface area contributed by atoms with Gasteiger partial charge in [0.05, 0.1) is 0 Å². The van der Waals surface area contributed by atoms with Crippen molar-refractivity contribution in [2.75, 3.05) is 19.3 Å². The average Bonchev–Trinajstić information content (AvgIpc) is 2.63. The molecule has 134 valence electrons. The fourth-order valence-electron chi connectivity index (χ4n) is 2.68. The van der Waals surface area contributed by atoms with Crippen LogP contribution in [0, 0.1) is 0 Å². The van der Waals surface area contributed by atoms with Crippen molar-refractivity contribution in [3.63, 3.8) is 0 Å². The van der Waals surface area contributed by atoms with E-state index in [0.29, 0.717) is 18.0 Å². The smallest absolute Gasteiger partial charge is 0.326 e. The van der Waals surface area contributed by atoms with Gasteiger partial charge in [-0.05, 0) is 36.6 Å². The topological polar surface area (TPSA) is 82.5 Å². The van der Waals surface area contributed by atoms with Crippen LogP contribution in [-0.4, -0.2) is 52.2 Å². The molecule has 1 aromatic heterocycles. The van der Waals surface area contributed by atoms with Crippen LogP contribution in [0.2, 0.25) is 0 Å². The molecule has 1 amide bonds. The number of carboxylic acid groups (broad SMARTS) is 1. The lowest BCUT2D eigenvalue weighted by atomic mass is 9.91. The number of carbonyl (C=O) groups is 2. The Kier molecular flexibility index (Phi) is 9.41. The number of nitrogens with zero attached hydrogens (tertiary/aromatic N) is 2. The van der Waals surface area contributed by atoms with Crippen LogP contribution in [-0.2, 0) is 16.0 Å². The molecule has 0 bridgehead atoms. The summed E-state index contributed by atoms with van der Waals surface area (Å²) >= 11 is 1.79. The second-order valence-corrected chi connectivity index (χ2v) is 6.23. The highest BCUT2D eigenvalue weighted by Gasteiger charge is 2.21. The van der Waals surface area contributed by atoms with E-state index in [1.807, 2.05) is 32.2 Å². The van der Waals surface area contributed by atoms with Crippen LogP contribution in [0.1, 0.15) is 43.9 Å². The Balaban J connectivity index is 0.00000139. The van der Waals surface area contributed by atoms with Crippen molar-refractivity contribution < 1.29 is 14.7 Å². The predicted octanol–water partition coefficient (Wildman–Crippen LogP) is 2.31. The third kappa shape index (κ3) is 6.13. The number of pyridine rings is 1. The number of aromatic nitrogens is 1. The monoisotopic (exact) mass is 353 g/mol. The van der Waals surface area contributed by atoms with Crippen LogP contribution in [0.3, 0.4) is 0 Å². The molecule has 1 fully saturated rings. The molecule has 0 aliphatic carbocycles. The zero-order valence-electron chi connectivity index (χ0n) is 14.6. The van der Waals surface area contributed by atoms with Crippen molar-refractivity contribution in [2.24, 2.45) is 0 Å². The number of carbonyl (C=O) groups excluding carboxylic acids is 1. The molecule has 7 heteroatoms. The van der Waals surface area contributed by atoms with Gasteiger partial charge in [-0.25, -0.2) is 4.79 Å². The highest BCUT2D eigenvalue weighted by Crippen LogP contribution is 2.29. The fourth-order valence-corrected chi connectivity index (χ4v) is 3.25. The summed E-state index contributed by atoms with van der Waals surface area (Å²) in [5.41, 5.74) is 1.88. The van der Waals surface area contributed by atoms with Crippen molar-refractivity contribution in [3.05, 3.63) is 29.6 Å². The maximum absolute atomic E-state index is 11.0. The van der Waals surface area contributed by atoms with E-state index in [4.69, 9.17) is 5.11 Å². The van der Waals surface area contributed by atoms with Crippen molar-refractivity contribution in [3.8, 4) is 0 Å². The second-order valence-electron chi connectivity index (χ2n) is 5.35. The van der Waals surface area contributed by atoms with Crippen molar-refractivity contribution in [2.45, 2.75) is 45.1 Å². The normalized spacial score (nSPS) is 16.6. The molecule has 1 aromatic rings. The summed E-state index contributed by atoms with van der Waals surface area (Å²) in [5.74, 6) is -0.532. The number of piperidine rings is 1. The Morgan fingerprint density at radius 3 is 2.58 bits per heavy atom. The van der Waals surface area contributed by atoms with Gasteiger partial charge in [0.25, 0.3) is 0 Å². The van der Waals surface area contributed by atoms with Gasteiger partial charge in [-0.2, -0.15) is 0 Å². The Morgan fingerprint density at radius 2 is 2.12 bits per heavy atom. The summed E-state index contributed by atoms with van der Waals surface area (Å²) in [6.07, 6.45) is 6.78. The molecule has 0 radical (unpaired) electrons. The van der Waals surface area contributed by atoms with Crippen LogP contribution in [0.4, 0.5) is 0 Å². The third-order valence-electron chi connectivity index (χ3n) is 4.01. The molecule has 0 aromatic carbocycles. The average molecular weight is 353 g/mol. The lowest BCUT2D eigenvalue weighted by Crippen LogP contribution is -2.37. The maximum atomic E-state index is 11.0. The first kappa shape index (κ1) is 20.4. The largest absolute Gasteiger partial charge is 0.480 e. The first-order valence-electron chi connectivity index (χ1n) is 8.30. The van der Waals surface area contributed by atoms with Crippen LogP contribution >= 0.6 is 11.9 Å². The minimum atomic E-state index is -1.05. The fraction of sp³-hybridized carbons (Fsp3) is 0.588. The number of rotatable bonds is 7. The van der Waals surface area contributed by atoms with E-state index in [2.05, 4.69) is 20.9 Å². The first-order valence-corrected chi connectivity index (χ1v) is 9.48. The molecule has 2 heterocycles. The summed E-state index contributed by atoms with van der Waals surface area (Å²) in [4.78, 5) is 25.8. The van der Waals surface area contributed by atoms with Gasteiger partial charge in [0, 0.05) is 31.4 Å². The number of nitrogens with one attached hydrogen (secondary N) is 1. The van der Waals surface area contributed by atoms with E-state index in [1.165, 1.54) is 5.56 Å². The van der Waals surface area contributed by atoms with Crippen LogP contribution in [0.15, 0.2) is 18.3 Å². The molecule has 2 rings (SSSR count). The molecule has 0 spiro atoms. The Labute approximate surface area is 148 Å². The minimum Gasteiger partial charge on any atom is -0.480 e. The first-order chi connectivity index (χ1) is 11.6. The van der Waals surface area contributed by atoms with Crippen LogP contribution in [0.25, 0.3) is 0 Å². The Morgan fingerprint density at radius 1 is 1.46 bits per heavy atom. The number of hydrogen-bond donors (Lipinski definition) is 2. The summed E-state index contributed by atoms with van der Waals surface area (Å²) in [6, 6.07) is 2.96. The number of carboxylic acids is 1. The van der Waals surface area contributed by atoms with Gasteiger partial charge < -0.3 is 10.4 Å². The number of hydrogen-bond acceptors (Lipinski definition) is 5. The number of aliphatic carboxylic acids is 1. The standard InChI is InChI=1S/C15H21N3O3S.C2H6/c1-22-18-6-4-11(5-7-18)12-2-3-13(16-9-12)8-14(15(20)21)17-10-19;1-2/h2-3,9-11,14H,4-8H2,1H3,(H,17,19)(H,20,21);1-2H3. The summed E-state index contributed by atoms with van der Waals surface area (Å²) in [6.45, 7) is 6.16. The third-order valence-corrected chi connectivity index (χ3v) is 4.89. The van der Waals surface area contributed by atoms with E-state index < -0.39 is 12.0 Å². The highest BCUT2D eigenvalue weighted by atomic mass is 32.2. The van der Waals surface area contributed by atoms with E-state index in [-0.39, 0.29) is 6.42 Å². The van der Waals surface area contributed by atoms with Gasteiger partial charge >= 0.3 is 5.97 Å². The van der Waals surface area contributed by atoms with Gasteiger partial charge in [-0.3, -0.25) is 14.1 Å². The van der Waals surface area contributed by atoms with E-state index in [0.717, 1.165) is 25.9 Å². The molecule has 1 unspecified atom stereocenters. The van der Waals surface area contributed by atoms with Crippen molar-refractivity contribution >= 4 is 24.3 Å². The quantitative estimate of drug-likeness (QED) is 0.578. The van der Waals surface area contributed by atoms with Crippen LogP contribution in [0.5, 0.6) is 0 Å². The molecule has 1 aliphatic rings. The highest BCUT2D eigenvalue weighted by molar-refractivity contribution is 7.96. The maximum Gasteiger partial charge on any atom is 0.326 e. The van der Waals surface area contributed by atoms with E-state index in [9.17, 15) is 9.59 Å². The molecule has 6 nitrogen and oxygen atoms in total. The SMILES string of the molecule is CC.CSN1CCC(c2ccc(CC(NC=O)C(=O)O)nc2)CC1. The van der Waals surface area contributed by atoms with Gasteiger partial charge in [-0.1, -0.05) is 31.9 Å². The van der Waals surface area contributed by atoms with E-state index >= 15 is 0 Å². The zero-order valence-corrected chi connectivity index (χ0v) is 15.4. The minimum absolute atomic E-state index is 0.194. The molecule has 1 saturated heterocycles. The lowest BCUT2D eigenvalue weighted by molar-refractivity contribution is -0.140. The number of amides is 1. The Hall–Kier alpha value is -1.60. The molecular formula is C17H27N3O3S. The van der Waals surface area contributed by atoms with Gasteiger partial charge in [0.15, 0.2) is 0 Å². The molecule has 1 atom stereocenters. The lowest BCUT2D eigenvalue weighted by Gasteiger charge is -2.30. The van der Waals surface area contributed by atoms with Gasteiger partial charge in [0.1, 0.15) is 6.04 Å². The summed E-state index contributed by atoms with van der Waals surface area (Å²) in [7, 11) is 0. The van der Waals surface area contributed by atoms with Crippen molar-refractivity contribution in [1.82, 2.24) is 14.6 Å². The van der Waals surface area contributed by atoms with Gasteiger partial charge in [-0.15, -0.1) is 0 Å². The molecule has 0 saturated carbocycles. The molecular weight excluding hydrogens is 326 g/mol. The zero-order chi connectivity index (χ0) is 17.9.